The average Bonchev–Trinajstić information content (AvgIpc) is 2.94. The van der Waals surface area contributed by atoms with Crippen molar-refractivity contribution in [2.24, 2.45) is 0 Å². The maximum absolute atomic E-state index is 13.9. The number of unbranched alkanes of at least 4 members (excludes halogenated alkanes) is 1. The maximum Gasteiger partial charge on any atom is 0.243 e. The minimum absolute atomic E-state index is 0.0414. The molecule has 0 unspecified atom stereocenters. The number of hydrogen-bond donors (Lipinski definition) is 1. The molecular weight excluding hydrogens is 593 g/mol. The Hall–Kier alpha value is -3.07. The van der Waals surface area contributed by atoms with Crippen molar-refractivity contribution in [3.8, 4) is 0 Å². The van der Waals surface area contributed by atoms with E-state index in [9.17, 15) is 18.0 Å². The van der Waals surface area contributed by atoms with E-state index < -0.39 is 16.1 Å². The van der Waals surface area contributed by atoms with Gasteiger partial charge in [-0.15, -0.1) is 0 Å². The van der Waals surface area contributed by atoms with E-state index in [0.717, 1.165) is 35.8 Å². The number of sulfonamides is 1. The van der Waals surface area contributed by atoms with Crippen LogP contribution in [0.5, 0.6) is 0 Å². The number of nitrogens with one attached hydrogen (secondary N) is 1. The van der Waals surface area contributed by atoms with Crippen molar-refractivity contribution < 1.29 is 18.0 Å². The summed E-state index contributed by atoms with van der Waals surface area (Å²) in [6, 6.07) is 21.1. The van der Waals surface area contributed by atoms with Crippen LogP contribution in [0.2, 0.25) is 10.0 Å². The second-order valence-electron chi connectivity index (χ2n) is 10.4. The predicted molar refractivity (Wildman–Crippen MR) is 171 cm³/mol. The summed E-state index contributed by atoms with van der Waals surface area (Å²) < 4.78 is 26.7. The van der Waals surface area contributed by atoms with Gasteiger partial charge in [0.1, 0.15) is 6.04 Å². The van der Waals surface area contributed by atoms with E-state index in [4.69, 9.17) is 23.2 Å². The Labute approximate surface area is 259 Å². The predicted octanol–water partition coefficient (Wildman–Crippen LogP) is 6.40. The Morgan fingerprint density at radius 2 is 1.60 bits per heavy atom. The number of benzene rings is 3. The molecule has 0 aromatic heterocycles. The van der Waals surface area contributed by atoms with Crippen LogP contribution in [0.3, 0.4) is 0 Å². The molecule has 0 aliphatic heterocycles. The van der Waals surface area contributed by atoms with E-state index in [1.807, 2.05) is 56.3 Å². The third kappa shape index (κ3) is 10.0. The SMILES string of the molecule is CCCCNC(=O)[C@H](Cc1ccccc1)N(Cc1cccc(Cl)c1)C(=O)CCCN(c1cc(Cl)ccc1C)S(C)(=O)=O. The van der Waals surface area contributed by atoms with Crippen LogP contribution in [0, 0.1) is 6.92 Å². The van der Waals surface area contributed by atoms with Crippen LogP contribution < -0.4 is 9.62 Å². The number of anilines is 1. The normalized spacial score (nSPS) is 12.0. The fourth-order valence-corrected chi connectivity index (χ4v) is 6.12. The van der Waals surface area contributed by atoms with E-state index in [-0.39, 0.29) is 37.7 Å². The molecule has 0 saturated heterocycles. The Balaban J connectivity index is 1.89. The van der Waals surface area contributed by atoms with Gasteiger partial charge in [0.25, 0.3) is 0 Å². The molecule has 10 heteroatoms. The summed E-state index contributed by atoms with van der Waals surface area (Å²) in [7, 11) is -3.64. The summed E-state index contributed by atoms with van der Waals surface area (Å²) in [4.78, 5) is 29.1. The van der Waals surface area contributed by atoms with Gasteiger partial charge in [0, 0.05) is 42.5 Å². The summed E-state index contributed by atoms with van der Waals surface area (Å²) in [5.74, 6) is -0.479. The fraction of sp³-hybridized carbons (Fsp3) is 0.375. The van der Waals surface area contributed by atoms with Gasteiger partial charge in [0.15, 0.2) is 0 Å². The van der Waals surface area contributed by atoms with E-state index in [1.165, 1.54) is 4.31 Å². The zero-order valence-electron chi connectivity index (χ0n) is 24.4. The summed E-state index contributed by atoms with van der Waals surface area (Å²) in [6.07, 6.45) is 3.52. The number of halogens is 2. The number of aryl methyl sites for hydroxylation is 1. The number of amides is 2. The van der Waals surface area contributed by atoms with Crippen LogP contribution in [0.15, 0.2) is 72.8 Å². The highest BCUT2D eigenvalue weighted by molar-refractivity contribution is 7.92. The molecular formula is C32H39Cl2N3O4S. The molecule has 3 aromatic rings. The quantitative estimate of drug-likeness (QED) is 0.197. The van der Waals surface area contributed by atoms with Crippen molar-refractivity contribution in [2.75, 3.05) is 23.7 Å². The Kier molecular flexibility index (Phi) is 12.7. The van der Waals surface area contributed by atoms with Gasteiger partial charge in [-0.05, 0) is 60.7 Å². The first kappa shape index (κ1) is 33.4. The highest BCUT2D eigenvalue weighted by atomic mass is 35.5. The van der Waals surface area contributed by atoms with Crippen LogP contribution in [0.25, 0.3) is 0 Å². The molecule has 0 aliphatic carbocycles. The van der Waals surface area contributed by atoms with Gasteiger partial charge in [-0.25, -0.2) is 8.42 Å². The molecule has 0 heterocycles. The first-order valence-corrected chi connectivity index (χ1v) is 16.7. The smallest absolute Gasteiger partial charge is 0.243 e. The van der Waals surface area contributed by atoms with Gasteiger partial charge in [0.2, 0.25) is 21.8 Å². The maximum atomic E-state index is 13.9. The van der Waals surface area contributed by atoms with Crippen LogP contribution >= 0.6 is 23.2 Å². The highest BCUT2D eigenvalue weighted by Crippen LogP contribution is 2.27. The Bertz CT molecular complexity index is 1450. The summed E-state index contributed by atoms with van der Waals surface area (Å²) >= 11 is 12.4. The van der Waals surface area contributed by atoms with Crippen molar-refractivity contribution in [1.82, 2.24) is 10.2 Å². The van der Waals surface area contributed by atoms with Crippen LogP contribution in [0.1, 0.15) is 49.3 Å². The molecule has 42 heavy (non-hydrogen) atoms. The van der Waals surface area contributed by atoms with Crippen LogP contribution in [-0.4, -0.2) is 50.5 Å². The largest absolute Gasteiger partial charge is 0.354 e. The van der Waals surface area contributed by atoms with Gasteiger partial charge < -0.3 is 10.2 Å². The minimum Gasteiger partial charge on any atom is -0.354 e. The molecule has 3 rings (SSSR count). The Morgan fingerprint density at radius 3 is 2.26 bits per heavy atom. The molecule has 226 valence electrons. The lowest BCUT2D eigenvalue weighted by Crippen LogP contribution is -2.50. The van der Waals surface area contributed by atoms with E-state index in [2.05, 4.69) is 5.32 Å². The van der Waals surface area contributed by atoms with E-state index in [1.54, 1.807) is 35.2 Å². The average molecular weight is 633 g/mol. The zero-order chi connectivity index (χ0) is 30.7. The van der Waals surface area contributed by atoms with E-state index >= 15 is 0 Å². The highest BCUT2D eigenvalue weighted by Gasteiger charge is 2.30. The lowest BCUT2D eigenvalue weighted by molar-refractivity contribution is -0.141. The Morgan fingerprint density at radius 1 is 0.905 bits per heavy atom. The third-order valence-electron chi connectivity index (χ3n) is 6.93. The zero-order valence-corrected chi connectivity index (χ0v) is 26.7. The number of carbonyl (C=O) groups is 2. The molecule has 0 aliphatic rings. The van der Waals surface area contributed by atoms with Crippen LogP contribution in [0.4, 0.5) is 5.69 Å². The molecule has 3 aromatic carbocycles. The van der Waals surface area contributed by atoms with Crippen molar-refractivity contribution in [3.63, 3.8) is 0 Å². The lowest BCUT2D eigenvalue weighted by atomic mass is 10.0. The molecule has 0 radical (unpaired) electrons. The summed E-state index contributed by atoms with van der Waals surface area (Å²) in [5.41, 5.74) is 2.95. The first-order valence-electron chi connectivity index (χ1n) is 14.1. The molecule has 7 nitrogen and oxygen atoms in total. The molecule has 1 atom stereocenters. The molecule has 0 bridgehead atoms. The second-order valence-corrected chi connectivity index (χ2v) is 13.2. The molecule has 0 saturated carbocycles. The second kappa shape index (κ2) is 16.0. The van der Waals surface area contributed by atoms with Gasteiger partial charge in [0.05, 0.1) is 11.9 Å². The molecule has 2 amide bonds. The number of nitrogens with zero attached hydrogens (tertiary/aromatic N) is 2. The standard InChI is InChI=1S/C32H39Cl2N3O4S/c1-4-5-18-35-32(39)30(21-25-11-7-6-8-12-25)36(23-26-13-9-14-27(33)20-26)31(38)15-10-19-37(42(3,40)41)29-22-28(34)17-16-24(29)2/h6-9,11-14,16-17,20,22,30H,4-5,10,15,18-19,21,23H2,1-3H3,(H,35,39)/t30-/m0/s1. The first-order chi connectivity index (χ1) is 20.0. The molecule has 0 fully saturated rings. The number of rotatable bonds is 15. The van der Waals surface area contributed by atoms with Crippen LogP contribution in [-0.2, 0) is 32.6 Å². The van der Waals surface area contributed by atoms with Crippen molar-refractivity contribution in [3.05, 3.63) is 99.5 Å². The van der Waals surface area contributed by atoms with Gasteiger partial charge in [-0.2, -0.15) is 0 Å². The van der Waals surface area contributed by atoms with Crippen molar-refractivity contribution in [1.29, 1.82) is 0 Å². The van der Waals surface area contributed by atoms with Gasteiger partial charge in [-0.1, -0.05) is 85.1 Å². The fourth-order valence-electron chi connectivity index (χ4n) is 4.73. The minimum atomic E-state index is -3.64. The monoisotopic (exact) mass is 631 g/mol. The van der Waals surface area contributed by atoms with Crippen molar-refractivity contribution in [2.45, 2.75) is 58.5 Å². The topological polar surface area (TPSA) is 86.8 Å². The molecule has 0 spiro atoms. The number of carbonyl (C=O) groups excluding carboxylic acids is 2. The van der Waals surface area contributed by atoms with Gasteiger partial charge >= 0.3 is 0 Å². The number of hydrogen-bond acceptors (Lipinski definition) is 4. The van der Waals surface area contributed by atoms with Crippen molar-refractivity contribution >= 4 is 50.7 Å². The van der Waals surface area contributed by atoms with E-state index in [0.29, 0.717) is 28.7 Å². The summed E-state index contributed by atoms with van der Waals surface area (Å²) in [5, 5.41) is 3.96. The van der Waals surface area contributed by atoms with Gasteiger partial charge in [-0.3, -0.25) is 13.9 Å². The third-order valence-corrected chi connectivity index (χ3v) is 8.58. The lowest BCUT2D eigenvalue weighted by Gasteiger charge is -2.32. The molecule has 1 N–H and O–H groups in total. The summed E-state index contributed by atoms with van der Waals surface area (Å²) in [6.45, 7) is 4.65.